The molecule has 0 spiro atoms. The summed E-state index contributed by atoms with van der Waals surface area (Å²) in [6.45, 7) is 2.01. The van der Waals surface area contributed by atoms with Gasteiger partial charge in [-0.25, -0.2) is 12.8 Å². The number of rotatable bonds is 10. The van der Waals surface area contributed by atoms with E-state index in [2.05, 4.69) is 5.32 Å². The number of nitrogens with zero attached hydrogens (tertiary/aromatic N) is 1. The first-order valence-corrected chi connectivity index (χ1v) is 13.6. The second kappa shape index (κ2) is 12.1. The highest BCUT2D eigenvalue weighted by Gasteiger charge is 2.25. The molecule has 1 N–H and O–H groups in total. The minimum atomic E-state index is -3.88. The quantitative estimate of drug-likeness (QED) is 0.267. The number of hydrogen-bond donors (Lipinski definition) is 1. The Kier molecular flexibility index (Phi) is 8.66. The van der Waals surface area contributed by atoms with E-state index in [0.717, 1.165) is 16.7 Å². The zero-order valence-electron chi connectivity index (χ0n) is 20.6. The van der Waals surface area contributed by atoms with E-state index in [1.807, 2.05) is 6.92 Å². The molecule has 0 aliphatic rings. The monoisotopic (exact) mass is 552 g/mol. The Bertz CT molecular complexity index is 1480. The fourth-order valence-electron chi connectivity index (χ4n) is 3.62. The molecule has 4 rings (SSSR count). The number of anilines is 1. The molecule has 0 heterocycles. The third-order valence-corrected chi connectivity index (χ3v) is 7.79. The molecule has 9 heteroatoms. The predicted molar refractivity (Wildman–Crippen MR) is 146 cm³/mol. The summed E-state index contributed by atoms with van der Waals surface area (Å²) in [5.41, 5.74) is 2.92. The van der Waals surface area contributed by atoms with Gasteiger partial charge in [-0.1, -0.05) is 53.6 Å². The fraction of sp³-hybridized carbons (Fsp3) is 0.138. The third kappa shape index (κ3) is 7.12. The van der Waals surface area contributed by atoms with Gasteiger partial charge in [0.25, 0.3) is 15.9 Å². The topological polar surface area (TPSA) is 75.7 Å². The lowest BCUT2D eigenvalue weighted by molar-refractivity contribution is -0.123. The largest absolute Gasteiger partial charge is 0.484 e. The summed E-state index contributed by atoms with van der Waals surface area (Å²) in [6.07, 6.45) is 0. The van der Waals surface area contributed by atoms with Crippen LogP contribution in [0.15, 0.2) is 102 Å². The summed E-state index contributed by atoms with van der Waals surface area (Å²) in [5, 5.41) is 3.27. The fourth-order valence-corrected chi connectivity index (χ4v) is 5.20. The minimum Gasteiger partial charge on any atom is -0.484 e. The molecule has 0 saturated heterocycles. The van der Waals surface area contributed by atoms with Crippen molar-refractivity contribution in [3.63, 3.8) is 0 Å². The second-order valence-corrected chi connectivity index (χ2v) is 10.9. The van der Waals surface area contributed by atoms with Gasteiger partial charge in [0, 0.05) is 11.6 Å². The van der Waals surface area contributed by atoms with Gasteiger partial charge < -0.3 is 10.1 Å². The highest BCUT2D eigenvalue weighted by atomic mass is 35.5. The first kappa shape index (κ1) is 27.2. The summed E-state index contributed by atoms with van der Waals surface area (Å²) in [5.74, 6) is -0.278. The van der Waals surface area contributed by atoms with E-state index >= 15 is 0 Å². The summed E-state index contributed by atoms with van der Waals surface area (Å²) < 4.78 is 47.1. The molecule has 4 aromatic rings. The lowest BCUT2D eigenvalue weighted by Crippen LogP contribution is -2.30. The van der Waals surface area contributed by atoms with Crippen molar-refractivity contribution in [3.05, 3.63) is 125 Å². The number of carbonyl (C=O) groups excluding carboxylic acids is 1. The van der Waals surface area contributed by atoms with Gasteiger partial charge in [0.1, 0.15) is 11.6 Å². The van der Waals surface area contributed by atoms with Gasteiger partial charge in [-0.3, -0.25) is 9.10 Å². The van der Waals surface area contributed by atoms with Gasteiger partial charge in [0.05, 0.1) is 17.1 Å². The van der Waals surface area contributed by atoms with Crippen LogP contribution < -0.4 is 14.4 Å². The van der Waals surface area contributed by atoms with Crippen molar-refractivity contribution in [1.82, 2.24) is 5.32 Å². The summed E-state index contributed by atoms with van der Waals surface area (Å²) in [4.78, 5) is 12.3. The molecule has 0 aromatic heterocycles. The Morgan fingerprint density at radius 3 is 2.11 bits per heavy atom. The van der Waals surface area contributed by atoms with Crippen molar-refractivity contribution in [2.24, 2.45) is 0 Å². The number of aryl methyl sites for hydroxylation is 1. The number of ether oxygens (including phenoxy) is 1. The van der Waals surface area contributed by atoms with E-state index < -0.39 is 10.0 Å². The van der Waals surface area contributed by atoms with Crippen LogP contribution in [0.25, 0.3) is 0 Å². The van der Waals surface area contributed by atoms with Crippen molar-refractivity contribution in [3.8, 4) is 5.75 Å². The molecule has 0 radical (unpaired) electrons. The molecule has 0 atom stereocenters. The van der Waals surface area contributed by atoms with Crippen LogP contribution >= 0.6 is 11.6 Å². The molecule has 0 unspecified atom stereocenters. The van der Waals surface area contributed by atoms with Crippen LogP contribution in [-0.2, 0) is 27.9 Å². The normalized spacial score (nSPS) is 11.1. The number of benzene rings is 4. The van der Waals surface area contributed by atoms with E-state index in [1.165, 1.54) is 16.4 Å². The van der Waals surface area contributed by atoms with E-state index in [9.17, 15) is 17.6 Å². The van der Waals surface area contributed by atoms with E-state index in [0.29, 0.717) is 16.5 Å². The molecule has 1 amide bonds. The molecule has 0 aliphatic heterocycles. The number of halogens is 2. The lowest BCUT2D eigenvalue weighted by Gasteiger charge is -2.25. The van der Waals surface area contributed by atoms with E-state index in [1.54, 1.807) is 84.9 Å². The molecule has 6 nitrogen and oxygen atoms in total. The molecule has 0 bridgehead atoms. The molecule has 4 aromatic carbocycles. The maximum Gasteiger partial charge on any atom is 0.264 e. The van der Waals surface area contributed by atoms with E-state index in [4.69, 9.17) is 16.3 Å². The first-order valence-electron chi connectivity index (χ1n) is 11.8. The standard InChI is InChI=1S/C29H26ClFN2O4S/c1-21-2-16-28(17-3-21)38(35,36)33(19-23-4-8-24(30)9-5-23)26-12-14-27(15-13-26)37-20-29(34)32-18-22-6-10-25(31)11-7-22/h2-17H,18-20H2,1H3,(H,32,34). The molecule has 38 heavy (non-hydrogen) atoms. The second-order valence-electron chi connectivity index (χ2n) is 8.64. The van der Waals surface area contributed by atoms with Crippen molar-refractivity contribution >= 4 is 33.2 Å². The Morgan fingerprint density at radius 1 is 0.868 bits per heavy atom. The molecular formula is C29H26ClFN2O4S. The van der Waals surface area contributed by atoms with E-state index in [-0.39, 0.29) is 36.3 Å². The summed E-state index contributed by atoms with van der Waals surface area (Å²) in [7, 11) is -3.88. The Balaban J connectivity index is 1.47. The maximum atomic E-state index is 13.6. The van der Waals surface area contributed by atoms with Crippen molar-refractivity contribution in [2.75, 3.05) is 10.9 Å². The number of sulfonamides is 1. The van der Waals surface area contributed by atoms with Crippen LogP contribution in [0.3, 0.4) is 0 Å². The van der Waals surface area contributed by atoms with Gasteiger partial charge in [-0.15, -0.1) is 0 Å². The first-order chi connectivity index (χ1) is 18.2. The average Bonchev–Trinajstić information content (AvgIpc) is 2.92. The van der Waals surface area contributed by atoms with Gasteiger partial charge in [0.2, 0.25) is 0 Å². The predicted octanol–water partition coefficient (Wildman–Crippen LogP) is 5.88. The van der Waals surface area contributed by atoms with Crippen LogP contribution in [0.2, 0.25) is 5.02 Å². The molecule has 196 valence electrons. The van der Waals surface area contributed by atoms with Gasteiger partial charge in [-0.05, 0) is 78.7 Å². The van der Waals surface area contributed by atoms with Gasteiger partial charge in [-0.2, -0.15) is 0 Å². The molecule has 0 saturated carbocycles. The minimum absolute atomic E-state index is 0.0966. The zero-order valence-corrected chi connectivity index (χ0v) is 22.2. The number of carbonyl (C=O) groups is 1. The van der Waals surface area contributed by atoms with Crippen LogP contribution in [0.5, 0.6) is 5.75 Å². The van der Waals surface area contributed by atoms with Crippen molar-refractivity contribution < 1.29 is 22.3 Å². The maximum absolute atomic E-state index is 13.6. The SMILES string of the molecule is Cc1ccc(S(=O)(=O)N(Cc2ccc(Cl)cc2)c2ccc(OCC(=O)NCc3ccc(F)cc3)cc2)cc1. The van der Waals surface area contributed by atoms with Gasteiger partial charge >= 0.3 is 0 Å². The number of hydrogen-bond acceptors (Lipinski definition) is 4. The number of amides is 1. The average molecular weight is 553 g/mol. The molecule has 0 aliphatic carbocycles. The zero-order chi connectivity index (χ0) is 27.1. The Morgan fingerprint density at radius 2 is 1.47 bits per heavy atom. The van der Waals surface area contributed by atoms with Crippen LogP contribution in [-0.4, -0.2) is 20.9 Å². The van der Waals surface area contributed by atoms with Crippen molar-refractivity contribution in [2.45, 2.75) is 24.9 Å². The molecule has 0 fully saturated rings. The van der Waals surface area contributed by atoms with Crippen LogP contribution in [0.4, 0.5) is 10.1 Å². The highest BCUT2D eigenvalue weighted by Crippen LogP contribution is 2.28. The third-order valence-electron chi connectivity index (χ3n) is 5.75. The van der Waals surface area contributed by atoms with Crippen LogP contribution in [0.1, 0.15) is 16.7 Å². The Hall–Kier alpha value is -3.88. The highest BCUT2D eigenvalue weighted by molar-refractivity contribution is 7.92. The van der Waals surface area contributed by atoms with Gasteiger partial charge in [0.15, 0.2) is 6.61 Å². The summed E-state index contributed by atoms with van der Waals surface area (Å²) >= 11 is 6.00. The van der Waals surface area contributed by atoms with Crippen molar-refractivity contribution in [1.29, 1.82) is 0 Å². The van der Waals surface area contributed by atoms with Crippen LogP contribution in [0, 0.1) is 12.7 Å². The molecular weight excluding hydrogens is 527 g/mol. The lowest BCUT2D eigenvalue weighted by atomic mass is 10.2. The smallest absolute Gasteiger partial charge is 0.264 e. The summed E-state index contributed by atoms with van der Waals surface area (Å²) in [6, 6.07) is 26.0. The Labute approximate surface area is 226 Å². The number of nitrogens with one attached hydrogen (secondary N) is 1.